The van der Waals surface area contributed by atoms with Gasteiger partial charge in [-0.2, -0.15) is 17.5 Å². The van der Waals surface area contributed by atoms with Gasteiger partial charge >= 0.3 is 12.3 Å². The zero-order valence-electron chi connectivity index (χ0n) is 16.5. The molecule has 0 unspecified atom stereocenters. The Morgan fingerprint density at radius 3 is 2.41 bits per heavy atom. The van der Waals surface area contributed by atoms with Crippen molar-refractivity contribution in [3.05, 3.63) is 35.9 Å². The second-order valence-corrected chi connectivity index (χ2v) is 10.4. The third-order valence-electron chi connectivity index (χ3n) is 4.29. The molecule has 1 aromatic rings. The molecule has 0 fully saturated rings. The first-order valence-electron chi connectivity index (χ1n) is 9.17. The normalized spacial score (nSPS) is 23.8. The lowest BCUT2D eigenvalue weighted by Crippen LogP contribution is -2.46. The van der Waals surface area contributed by atoms with Crippen molar-refractivity contribution in [2.75, 3.05) is 11.5 Å². The van der Waals surface area contributed by atoms with Crippen LogP contribution in [0, 0.1) is 0 Å². The van der Waals surface area contributed by atoms with Crippen LogP contribution in [-0.4, -0.2) is 45.5 Å². The number of nitrogens with one attached hydrogen (secondary N) is 1. The SMILES string of the molecule is CC(C)(C)OC(=O)N[C@H]1CC[S@@](=O)(CC[C@@H](c2ccccc2)C(F)(F)F)=NC1=O. The lowest BCUT2D eigenvalue weighted by Gasteiger charge is -2.26. The van der Waals surface area contributed by atoms with E-state index in [-0.39, 0.29) is 23.5 Å². The van der Waals surface area contributed by atoms with Gasteiger partial charge in [0.15, 0.2) is 0 Å². The third-order valence-corrected chi connectivity index (χ3v) is 6.55. The van der Waals surface area contributed by atoms with Gasteiger partial charge in [-0.05, 0) is 39.2 Å². The molecule has 1 heterocycles. The first-order chi connectivity index (χ1) is 13.3. The summed E-state index contributed by atoms with van der Waals surface area (Å²) >= 11 is 0. The standard InChI is InChI=1S/C19H25F3N2O4S/c1-18(2,3)28-17(26)23-15-10-12-29(27,24-16(15)25)11-9-14(19(20,21)22)13-7-5-4-6-8-13/h4-8,14-15H,9-12H2,1-3H3,(H,23,26)/t14-,15-,29-/m0/s1. The van der Waals surface area contributed by atoms with E-state index in [1.807, 2.05) is 0 Å². The van der Waals surface area contributed by atoms with Gasteiger partial charge in [-0.1, -0.05) is 30.3 Å². The number of rotatable bonds is 5. The van der Waals surface area contributed by atoms with Crippen LogP contribution in [-0.2, 0) is 19.3 Å². The number of ether oxygens (including phenoxy) is 1. The van der Waals surface area contributed by atoms with E-state index in [1.54, 1.807) is 26.8 Å². The molecule has 29 heavy (non-hydrogen) atoms. The summed E-state index contributed by atoms with van der Waals surface area (Å²) in [6, 6.07) is 6.38. The summed E-state index contributed by atoms with van der Waals surface area (Å²) in [6.45, 7) is 4.99. The Balaban J connectivity index is 2.06. The van der Waals surface area contributed by atoms with Crippen LogP contribution in [0.5, 0.6) is 0 Å². The highest BCUT2D eigenvalue weighted by Crippen LogP contribution is 2.38. The summed E-state index contributed by atoms with van der Waals surface area (Å²) in [5.41, 5.74) is -0.675. The summed E-state index contributed by atoms with van der Waals surface area (Å²) < 4.78 is 61.9. The van der Waals surface area contributed by atoms with Crippen molar-refractivity contribution in [2.24, 2.45) is 4.36 Å². The van der Waals surface area contributed by atoms with E-state index < -0.39 is 51.9 Å². The highest BCUT2D eigenvalue weighted by molar-refractivity contribution is 7.93. The fourth-order valence-corrected chi connectivity index (χ4v) is 4.99. The Morgan fingerprint density at radius 1 is 1.28 bits per heavy atom. The first kappa shape index (κ1) is 23.2. The van der Waals surface area contributed by atoms with Crippen molar-refractivity contribution in [1.29, 1.82) is 0 Å². The number of halogens is 3. The Hall–Kier alpha value is -2.10. The number of nitrogens with zero attached hydrogens (tertiary/aromatic N) is 1. The van der Waals surface area contributed by atoms with Crippen molar-refractivity contribution in [1.82, 2.24) is 5.32 Å². The number of benzene rings is 1. The molecule has 0 spiro atoms. The maximum absolute atomic E-state index is 13.5. The number of hydrogen-bond donors (Lipinski definition) is 1. The zero-order valence-corrected chi connectivity index (χ0v) is 17.3. The molecule has 0 radical (unpaired) electrons. The van der Waals surface area contributed by atoms with Gasteiger partial charge in [-0.25, -0.2) is 9.00 Å². The Morgan fingerprint density at radius 2 is 1.90 bits per heavy atom. The molecule has 6 nitrogen and oxygen atoms in total. The minimum Gasteiger partial charge on any atom is -0.444 e. The molecule has 0 aliphatic carbocycles. The van der Waals surface area contributed by atoms with Crippen molar-refractivity contribution in [3.8, 4) is 0 Å². The van der Waals surface area contributed by atoms with Gasteiger partial charge in [0.2, 0.25) is 0 Å². The van der Waals surface area contributed by atoms with Crippen LogP contribution in [0.1, 0.15) is 45.1 Å². The van der Waals surface area contributed by atoms with Gasteiger partial charge in [0.25, 0.3) is 5.91 Å². The number of carbonyl (C=O) groups is 2. The maximum Gasteiger partial charge on any atom is 0.408 e. The second-order valence-electron chi connectivity index (χ2n) is 7.89. The van der Waals surface area contributed by atoms with E-state index in [1.165, 1.54) is 24.3 Å². The van der Waals surface area contributed by atoms with Gasteiger partial charge in [0.05, 0.1) is 15.6 Å². The minimum atomic E-state index is -4.50. The molecular formula is C19H25F3N2O4S. The number of alkyl halides is 3. The van der Waals surface area contributed by atoms with Crippen LogP contribution in [0.25, 0.3) is 0 Å². The molecule has 0 aromatic heterocycles. The van der Waals surface area contributed by atoms with E-state index in [2.05, 4.69) is 9.68 Å². The van der Waals surface area contributed by atoms with Gasteiger partial charge < -0.3 is 10.1 Å². The molecular weight excluding hydrogens is 409 g/mol. The third kappa shape index (κ3) is 7.02. The van der Waals surface area contributed by atoms with E-state index in [0.717, 1.165) is 0 Å². The average molecular weight is 434 g/mol. The number of hydrogen-bond acceptors (Lipinski definition) is 4. The zero-order chi connectivity index (χ0) is 21.9. The number of alkyl carbamates (subject to hydrolysis) is 1. The molecule has 0 bridgehead atoms. The highest BCUT2D eigenvalue weighted by atomic mass is 32.2. The summed E-state index contributed by atoms with van der Waals surface area (Å²) in [5, 5.41) is 2.37. The fourth-order valence-electron chi connectivity index (χ4n) is 2.94. The van der Waals surface area contributed by atoms with Gasteiger partial charge in [0, 0.05) is 11.5 Å². The Labute approximate surface area is 168 Å². The molecule has 1 aliphatic heterocycles. The monoisotopic (exact) mass is 434 g/mol. The largest absolute Gasteiger partial charge is 0.444 e. The molecule has 1 aliphatic rings. The molecule has 2 rings (SSSR count). The summed E-state index contributed by atoms with van der Waals surface area (Å²) in [7, 11) is -3.12. The number of amides is 2. The summed E-state index contributed by atoms with van der Waals surface area (Å²) in [6.07, 6.45) is -5.72. The Kier molecular flexibility index (Phi) is 6.97. The molecule has 0 saturated carbocycles. The quantitative estimate of drug-likeness (QED) is 0.759. The highest BCUT2D eigenvalue weighted by Gasteiger charge is 2.41. The average Bonchev–Trinajstić information content (AvgIpc) is 2.56. The van der Waals surface area contributed by atoms with Crippen LogP contribution in [0.4, 0.5) is 18.0 Å². The topological polar surface area (TPSA) is 84.8 Å². The lowest BCUT2D eigenvalue weighted by molar-refractivity contribution is -0.150. The van der Waals surface area contributed by atoms with Crippen molar-refractivity contribution >= 4 is 21.7 Å². The van der Waals surface area contributed by atoms with Crippen LogP contribution >= 0.6 is 0 Å². The molecule has 1 N–H and O–H groups in total. The Bertz CT molecular complexity index is 856. The molecule has 1 aromatic carbocycles. The summed E-state index contributed by atoms with van der Waals surface area (Å²) in [5.74, 6) is -3.02. The number of carbonyl (C=O) groups excluding carboxylic acids is 2. The van der Waals surface area contributed by atoms with Gasteiger partial charge in [-0.15, -0.1) is 0 Å². The molecule has 2 amide bonds. The molecule has 162 valence electrons. The smallest absolute Gasteiger partial charge is 0.408 e. The fraction of sp³-hybridized carbons (Fsp3) is 0.579. The first-order valence-corrected chi connectivity index (χ1v) is 11.0. The van der Waals surface area contributed by atoms with E-state index >= 15 is 0 Å². The van der Waals surface area contributed by atoms with Crippen LogP contribution in [0.3, 0.4) is 0 Å². The van der Waals surface area contributed by atoms with Gasteiger partial charge in [-0.3, -0.25) is 4.79 Å². The van der Waals surface area contributed by atoms with Gasteiger partial charge in [0.1, 0.15) is 11.6 Å². The molecule has 3 atom stereocenters. The predicted octanol–water partition coefficient (Wildman–Crippen LogP) is 4.01. The minimum absolute atomic E-state index is 0.0302. The molecule has 10 heteroatoms. The van der Waals surface area contributed by atoms with Crippen molar-refractivity contribution in [3.63, 3.8) is 0 Å². The van der Waals surface area contributed by atoms with Crippen LogP contribution in [0.15, 0.2) is 34.7 Å². The van der Waals surface area contributed by atoms with Crippen LogP contribution < -0.4 is 5.32 Å². The molecule has 0 saturated heterocycles. The van der Waals surface area contributed by atoms with E-state index in [0.29, 0.717) is 0 Å². The van der Waals surface area contributed by atoms with Crippen molar-refractivity contribution in [2.45, 2.75) is 57.3 Å². The van der Waals surface area contributed by atoms with Crippen molar-refractivity contribution < 1.29 is 31.7 Å². The maximum atomic E-state index is 13.5. The second kappa shape index (κ2) is 8.73. The van der Waals surface area contributed by atoms with E-state index in [9.17, 15) is 27.0 Å². The van der Waals surface area contributed by atoms with Crippen LogP contribution in [0.2, 0.25) is 0 Å². The predicted molar refractivity (Wildman–Crippen MR) is 103 cm³/mol. The lowest BCUT2D eigenvalue weighted by atomic mass is 9.96. The van der Waals surface area contributed by atoms with E-state index in [4.69, 9.17) is 4.74 Å². The summed E-state index contributed by atoms with van der Waals surface area (Å²) in [4.78, 5) is 24.0.